The van der Waals surface area contributed by atoms with Gasteiger partial charge in [-0.05, 0) is 37.1 Å². The van der Waals surface area contributed by atoms with Gasteiger partial charge in [0.2, 0.25) is 0 Å². The molecule has 0 radical (unpaired) electrons. The monoisotopic (exact) mass is 412 g/mol. The van der Waals surface area contributed by atoms with Crippen molar-refractivity contribution in [3.05, 3.63) is 58.8 Å². The van der Waals surface area contributed by atoms with Gasteiger partial charge in [-0.15, -0.1) is 11.3 Å². The van der Waals surface area contributed by atoms with E-state index < -0.39 is 0 Å². The molecule has 3 heterocycles. The van der Waals surface area contributed by atoms with Crippen LogP contribution in [0.3, 0.4) is 0 Å². The van der Waals surface area contributed by atoms with Gasteiger partial charge in [0.15, 0.2) is 0 Å². The molecule has 7 nitrogen and oxygen atoms in total. The van der Waals surface area contributed by atoms with Crippen LogP contribution < -0.4 is 14.2 Å². The number of hydrogen-bond donors (Lipinski definition) is 0. The smallest absolute Gasteiger partial charge is 0.316 e. The Balaban J connectivity index is 1.33. The maximum atomic E-state index is 5.90. The summed E-state index contributed by atoms with van der Waals surface area (Å²) in [6.07, 6.45) is 7.24. The molecular formula is C21H24N4O3S. The van der Waals surface area contributed by atoms with Gasteiger partial charge in [0.05, 0.1) is 7.11 Å². The van der Waals surface area contributed by atoms with Crippen molar-refractivity contribution in [2.24, 2.45) is 0 Å². The lowest BCUT2D eigenvalue weighted by Gasteiger charge is -2.31. The predicted octanol–water partition coefficient (Wildman–Crippen LogP) is 3.56. The highest BCUT2D eigenvalue weighted by atomic mass is 32.1. The Bertz CT molecular complexity index is 884. The number of hydrogen-bond acceptors (Lipinski definition) is 8. The summed E-state index contributed by atoms with van der Waals surface area (Å²) in [5, 5.41) is 2.92. The van der Waals surface area contributed by atoms with Crippen LogP contribution in [-0.4, -0.2) is 46.2 Å². The molecule has 3 aromatic rings. The highest BCUT2D eigenvalue weighted by Gasteiger charge is 2.22. The van der Waals surface area contributed by atoms with E-state index in [-0.39, 0.29) is 6.10 Å². The quantitative estimate of drug-likeness (QED) is 0.560. The number of aromatic nitrogens is 3. The van der Waals surface area contributed by atoms with Crippen LogP contribution >= 0.6 is 11.3 Å². The van der Waals surface area contributed by atoms with Crippen molar-refractivity contribution in [3.63, 3.8) is 0 Å². The summed E-state index contributed by atoms with van der Waals surface area (Å²) >= 11 is 1.59. The Morgan fingerprint density at radius 3 is 2.66 bits per heavy atom. The molecule has 152 valence electrons. The Hall–Kier alpha value is -2.71. The zero-order valence-electron chi connectivity index (χ0n) is 16.4. The summed E-state index contributed by atoms with van der Waals surface area (Å²) in [7, 11) is 1.70. The first-order chi connectivity index (χ1) is 14.3. The lowest BCUT2D eigenvalue weighted by Crippen LogP contribution is -2.38. The van der Waals surface area contributed by atoms with Gasteiger partial charge in [-0.25, -0.2) is 15.0 Å². The Morgan fingerprint density at radius 2 is 1.93 bits per heavy atom. The molecule has 1 saturated heterocycles. The molecule has 0 atom stereocenters. The van der Waals surface area contributed by atoms with Crippen molar-refractivity contribution in [3.8, 4) is 17.5 Å². The third-order valence-corrected chi connectivity index (χ3v) is 5.59. The van der Waals surface area contributed by atoms with E-state index in [1.807, 2.05) is 17.5 Å². The van der Waals surface area contributed by atoms with Gasteiger partial charge in [-0.3, -0.25) is 4.90 Å². The zero-order valence-corrected chi connectivity index (χ0v) is 17.2. The van der Waals surface area contributed by atoms with Gasteiger partial charge in [0, 0.05) is 49.2 Å². The zero-order chi connectivity index (χ0) is 19.9. The number of rotatable bonds is 8. The molecule has 2 aromatic heterocycles. The number of piperidine rings is 1. The lowest BCUT2D eigenvalue weighted by atomic mass is 10.1. The SMILES string of the molecule is COc1ccc(OCc2nccs2)cc1CN1CCC(Oc2ncccn2)CC1. The minimum absolute atomic E-state index is 0.156. The minimum Gasteiger partial charge on any atom is -0.496 e. The molecule has 1 fully saturated rings. The summed E-state index contributed by atoms with van der Waals surface area (Å²) in [5.74, 6) is 1.71. The van der Waals surface area contributed by atoms with E-state index in [1.165, 1.54) is 0 Å². The predicted molar refractivity (Wildman–Crippen MR) is 110 cm³/mol. The van der Waals surface area contributed by atoms with Crippen molar-refractivity contribution >= 4 is 11.3 Å². The van der Waals surface area contributed by atoms with Crippen LogP contribution in [0.1, 0.15) is 23.4 Å². The molecular weight excluding hydrogens is 388 g/mol. The summed E-state index contributed by atoms with van der Waals surface area (Å²) in [4.78, 5) is 15.0. The van der Waals surface area contributed by atoms with E-state index in [9.17, 15) is 0 Å². The molecule has 0 spiro atoms. The summed E-state index contributed by atoms with van der Waals surface area (Å²) in [5.41, 5.74) is 1.12. The standard InChI is InChI=1S/C21H24N4O3S/c1-26-19-4-3-18(27-15-20-22-9-12-29-20)13-16(19)14-25-10-5-17(6-11-25)28-21-23-7-2-8-24-21/h2-4,7-9,12-13,17H,5-6,10-11,14-15H2,1H3. The van der Waals surface area contributed by atoms with E-state index in [1.54, 1.807) is 43.1 Å². The van der Waals surface area contributed by atoms with Crippen LogP contribution in [-0.2, 0) is 13.2 Å². The van der Waals surface area contributed by atoms with Crippen molar-refractivity contribution in [2.45, 2.75) is 32.1 Å². The van der Waals surface area contributed by atoms with Crippen molar-refractivity contribution in [1.29, 1.82) is 0 Å². The number of likely N-dealkylation sites (tertiary alicyclic amines) is 1. The van der Waals surface area contributed by atoms with Gasteiger partial charge in [-0.1, -0.05) is 0 Å². The van der Waals surface area contributed by atoms with E-state index in [4.69, 9.17) is 14.2 Å². The molecule has 4 rings (SSSR count). The molecule has 0 aliphatic carbocycles. The largest absolute Gasteiger partial charge is 0.496 e. The fourth-order valence-electron chi connectivity index (χ4n) is 3.36. The number of benzene rings is 1. The number of ether oxygens (including phenoxy) is 3. The van der Waals surface area contributed by atoms with E-state index in [2.05, 4.69) is 25.9 Å². The van der Waals surface area contributed by atoms with Gasteiger partial charge in [0.25, 0.3) is 0 Å². The Kier molecular flexibility index (Phi) is 6.53. The van der Waals surface area contributed by atoms with Crippen LogP contribution in [0, 0.1) is 0 Å². The van der Waals surface area contributed by atoms with Crippen LogP contribution in [0.5, 0.6) is 17.5 Å². The average molecular weight is 413 g/mol. The number of nitrogens with zero attached hydrogens (tertiary/aromatic N) is 4. The summed E-state index contributed by atoms with van der Waals surface area (Å²) < 4.78 is 17.3. The van der Waals surface area contributed by atoms with Gasteiger partial charge < -0.3 is 14.2 Å². The van der Waals surface area contributed by atoms with Crippen molar-refractivity contribution < 1.29 is 14.2 Å². The second-order valence-electron chi connectivity index (χ2n) is 6.81. The van der Waals surface area contributed by atoms with E-state index in [0.717, 1.165) is 54.5 Å². The second kappa shape index (κ2) is 9.67. The van der Waals surface area contributed by atoms with Crippen LogP contribution in [0.2, 0.25) is 0 Å². The van der Waals surface area contributed by atoms with Crippen molar-refractivity contribution in [2.75, 3.05) is 20.2 Å². The number of thiazole rings is 1. The molecule has 0 bridgehead atoms. The molecule has 29 heavy (non-hydrogen) atoms. The number of methoxy groups -OCH3 is 1. The lowest BCUT2D eigenvalue weighted by molar-refractivity contribution is 0.0888. The molecule has 0 unspecified atom stereocenters. The van der Waals surface area contributed by atoms with Crippen molar-refractivity contribution in [1.82, 2.24) is 19.9 Å². The minimum atomic E-state index is 0.156. The fourth-order valence-corrected chi connectivity index (χ4v) is 3.89. The van der Waals surface area contributed by atoms with Crippen LogP contribution in [0.4, 0.5) is 0 Å². The van der Waals surface area contributed by atoms with E-state index >= 15 is 0 Å². The fraction of sp³-hybridized carbons (Fsp3) is 0.381. The van der Waals surface area contributed by atoms with Crippen LogP contribution in [0.25, 0.3) is 0 Å². The third kappa shape index (κ3) is 5.42. The molecule has 0 amide bonds. The molecule has 1 aromatic carbocycles. The Morgan fingerprint density at radius 1 is 1.10 bits per heavy atom. The van der Waals surface area contributed by atoms with Gasteiger partial charge in [-0.2, -0.15) is 0 Å². The topological polar surface area (TPSA) is 69.6 Å². The normalized spacial score (nSPS) is 15.2. The van der Waals surface area contributed by atoms with Gasteiger partial charge in [0.1, 0.15) is 29.2 Å². The van der Waals surface area contributed by atoms with E-state index in [0.29, 0.717) is 12.6 Å². The third-order valence-electron chi connectivity index (χ3n) is 4.84. The molecule has 1 aliphatic rings. The van der Waals surface area contributed by atoms with Crippen LogP contribution in [0.15, 0.2) is 48.2 Å². The molecule has 0 N–H and O–H groups in total. The molecule has 8 heteroatoms. The molecule has 1 aliphatic heterocycles. The highest BCUT2D eigenvalue weighted by Crippen LogP contribution is 2.27. The van der Waals surface area contributed by atoms with Gasteiger partial charge >= 0.3 is 6.01 Å². The first-order valence-electron chi connectivity index (χ1n) is 9.64. The maximum Gasteiger partial charge on any atom is 0.316 e. The highest BCUT2D eigenvalue weighted by molar-refractivity contribution is 7.09. The second-order valence-corrected chi connectivity index (χ2v) is 7.79. The average Bonchev–Trinajstić information content (AvgIpc) is 3.28. The molecule has 0 saturated carbocycles. The summed E-state index contributed by atoms with van der Waals surface area (Å²) in [6, 6.07) is 8.22. The Labute approximate surface area is 174 Å². The summed E-state index contributed by atoms with van der Waals surface area (Å²) in [6.45, 7) is 3.19. The first-order valence-corrected chi connectivity index (χ1v) is 10.5. The maximum absolute atomic E-state index is 5.90. The first kappa shape index (κ1) is 19.6.